The Bertz CT molecular complexity index is 926. The lowest BCUT2D eigenvalue weighted by atomic mass is 9.77. The van der Waals surface area contributed by atoms with Gasteiger partial charge >= 0.3 is 0 Å². The number of rotatable bonds is 5. The van der Waals surface area contributed by atoms with E-state index in [2.05, 4.69) is 45.5 Å². The van der Waals surface area contributed by atoms with Crippen molar-refractivity contribution in [3.8, 4) is 0 Å². The van der Waals surface area contributed by atoms with Crippen molar-refractivity contribution in [2.24, 2.45) is 23.2 Å². The van der Waals surface area contributed by atoms with E-state index >= 15 is 0 Å². The van der Waals surface area contributed by atoms with Gasteiger partial charge in [-0.3, -0.25) is 14.7 Å². The summed E-state index contributed by atoms with van der Waals surface area (Å²) in [4.78, 5) is 20.1. The van der Waals surface area contributed by atoms with E-state index in [-0.39, 0.29) is 5.91 Å². The predicted octanol–water partition coefficient (Wildman–Crippen LogP) is 4.40. The van der Waals surface area contributed by atoms with Gasteiger partial charge in [0.05, 0.1) is 5.69 Å². The van der Waals surface area contributed by atoms with Crippen LogP contribution in [0, 0.1) is 23.2 Å². The number of amides is 1. The molecule has 2 aromatic rings. The van der Waals surface area contributed by atoms with Crippen LogP contribution in [0.3, 0.4) is 0 Å². The van der Waals surface area contributed by atoms with Gasteiger partial charge in [-0.15, -0.1) is 0 Å². The van der Waals surface area contributed by atoms with Crippen LogP contribution in [0.5, 0.6) is 0 Å². The maximum Gasteiger partial charge on any atom is 0.224 e. The van der Waals surface area contributed by atoms with Crippen molar-refractivity contribution < 1.29 is 4.79 Å². The zero-order valence-corrected chi connectivity index (χ0v) is 16.9. The summed E-state index contributed by atoms with van der Waals surface area (Å²) in [6, 6.07) is 12.6. The van der Waals surface area contributed by atoms with Crippen LogP contribution in [-0.2, 0) is 24.3 Å². The average molecular weight is 388 g/mol. The summed E-state index contributed by atoms with van der Waals surface area (Å²) in [5.41, 5.74) is 5.02. The lowest BCUT2D eigenvalue weighted by Gasteiger charge is -2.30. The molecule has 1 aromatic carbocycles. The lowest BCUT2D eigenvalue weighted by molar-refractivity contribution is -0.118. The van der Waals surface area contributed by atoms with Crippen LogP contribution in [0.1, 0.15) is 48.9 Å². The SMILES string of the molecule is O=C(CC12CC3CC1CC3C2)Nc1ccnc2c1CCN(Cc1ccccc1)C2. The number of anilines is 1. The molecule has 7 rings (SSSR count). The van der Waals surface area contributed by atoms with Gasteiger partial charge in [-0.05, 0) is 72.5 Å². The highest BCUT2D eigenvalue weighted by molar-refractivity contribution is 5.92. The van der Waals surface area contributed by atoms with Gasteiger partial charge in [0.25, 0.3) is 0 Å². The second-order valence-electron chi connectivity index (χ2n) is 9.91. The number of fused-ring (bicyclic) bond motifs is 1. The smallest absolute Gasteiger partial charge is 0.224 e. The molecule has 4 bridgehead atoms. The molecule has 0 radical (unpaired) electrons. The molecular weight excluding hydrogens is 358 g/mol. The quantitative estimate of drug-likeness (QED) is 0.827. The number of carbonyl (C=O) groups is 1. The molecule has 150 valence electrons. The van der Waals surface area contributed by atoms with Crippen LogP contribution >= 0.6 is 0 Å². The zero-order valence-electron chi connectivity index (χ0n) is 16.9. The first-order chi connectivity index (χ1) is 14.2. The summed E-state index contributed by atoms with van der Waals surface area (Å²) in [5.74, 6) is 2.90. The summed E-state index contributed by atoms with van der Waals surface area (Å²) < 4.78 is 0. The summed E-state index contributed by atoms with van der Waals surface area (Å²) in [6.45, 7) is 2.81. The Kier molecular flexibility index (Phi) is 4.05. The maximum atomic E-state index is 13.0. The molecule has 4 fully saturated rings. The molecule has 2 heterocycles. The molecule has 5 aliphatic rings. The standard InChI is InChI=1S/C25H29N3O/c29-24(14-25-12-18-10-20(25)11-19(18)13-25)27-22-6-8-26-23-16-28(9-7-21(22)23)15-17-4-2-1-3-5-17/h1-6,8,18-20H,7,9-16H2,(H,26,27,29). The van der Waals surface area contributed by atoms with Crippen molar-refractivity contribution in [3.63, 3.8) is 0 Å². The highest BCUT2D eigenvalue weighted by Crippen LogP contribution is 2.71. The van der Waals surface area contributed by atoms with E-state index in [1.165, 1.54) is 36.8 Å². The molecule has 0 saturated heterocycles. The van der Waals surface area contributed by atoms with Gasteiger partial charge in [-0.1, -0.05) is 30.3 Å². The molecule has 4 nitrogen and oxygen atoms in total. The van der Waals surface area contributed by atoms with Gasteiger partial charge in [0.1, 0.15) is 0 Å². The topological polar surface area (TPSA) is 45.2 Å². The molecule has 1 aromatic heterocycles. The molecular formula is C25H29N3O. The molecule has 29 heavy (non-hydrogen) atoms. The van der Waals surface area contributed by atoms with Crippen molar-refractivity contribution in [1.29, 1.82) is 0 Å². The van der Waals surface area contributed by atoms with Crippen LogP contribution in [0.4, 0.5) is 5.69 Å². The Labute approximate surface area is 172 Å². The normalized spacial score (nSPS) is 31.9. The maximum absolute atomic E-state index is 13.0. The van der Waals surface area contributed by atoms with Crippen LogP contribution in [0.15, 0.2) is 42.6 Å². The number of benzene rings is 1. The van der Waals surface area contributed by atoms with Crippen LogP contribution < -0.4 is 5.32 Å². The molecule has 2 atom stereocenters. The van der Waals surface area contributed by atoms with Gasteiger partial charge in [0.15, 0.2) is 0 Å². The summed E-state index contributed by atoms with van der Waals surface area (Å²) in [6.07, 6.45) is 8.92. The molecule has 4 aliphatic carbocycles. The fraction of sp³-hybridized carbons (Fsp3) is 0.520. The van der Waals surface area contributed by atoms with Crippen LogP contribution in [0.2, 0.25) is 0 Å². The molecule has 2 unspecified atom stereocenters. The number of hydrogen-bond donors (Lipinski definition) is 1. The average Bonchev–Trinajstić information content (AvgIpc) is 3.43. The number of aromatic nitrogens is 1. The van der Waals surface area contributed by atoms with E-state index < -0.39 is 0 Å². The van der Waals surface area contributed by atoms with Gasteiger partial charge < -0.3 is 5.32 Å². The van der Waals surface area contributed by atoms with Crippen molar-refractivity contribution in [2.45, 2.75) is 51.6 Å². The molecule has 1 aliphatic heterocycles. The number of carbonyl (C=O) groups excluding carboxylic acids is 1. The monoisotopic (exact) mass is 387 g/mol. The third kappa shape index (κ3) is 3.00. The third-order valence-corrected chi connectivity index (χ3v) is 8.28. The number of hydrogen-bond acceptors (Lipinski definition) is 3. The Morgan fingerprint density at radius 3 is 2.66 bits per heavy atom. The third-order valence-electron chi connectivity index (χ3n) is 8.28. The van der Waals surface area contributed by atoms with Crippen molar-refractivity contribution in [1.82, 2.24) is 9.88 Å². The van der Waals surface area contributed by atoms with Gasteiger partial charge in [-0.2, -0.15) is 0 Å². The minimum Gasteiger partial charge on any atom is -0.326 e. The number of nitrogens with one attached hydrogen (secondary N) is 1. The first kappa shape index (κ1) is 17.6. The number of pyridine rings is 1. The Hall–Kier alpha value is -2.20. The van der Waals surface area contributed by atoms with Gasteiger partial charge in [-0.25, -0.2) is 0 Å². The van der Waals surface area contributed by atoms with Crippen molar-refractivity contribution in [2.75, 3.05) is 11.9 Å². The first-order valence-electron chi connectivity index (χ1n) is 11.2. The van der Waals surface area contributed by atoms with E-state index in [0.717, 1.165) is 61.6 Å². The largest absolute Gasteiger partial charge is 0.326 e. The molecule has 4 heteroatoms. The Morgan fingerprint density at radius 2 is 1.93 bits per heavy atom. The van der Waals surface area contributed by atoms with Crippen molar-refractivity contribution in [3.05, 3.63) is 59.4 Å². The number of nitrogens with zero attached hydrogens (tertiary/aromatic N) is 2. The van der Waals surface area contributed by atoms with Crippen LogP contribution in [-0.4, -0.2) is 22.3 Å². The minimum atomic E-state index is 0.221. The van der Waals surface area contributed by atoms with E-state index in [4.69, 9.17) is 0 Å². The van der Waals surface area contributed by atoms with Crippen LogP contribution in [0.25, 0.3) is 0 Å². The van der Waals surface area contributed by atoms with Gasteiger partial charge in [0, 0.05) is 37.9 Å². The Balaban J connectivity index is 1.14. The molecule has 1 N–H and O–H groups in total. The highest BCUT2D eigenvalue weighted by atomic mass is 16.1. The van der Waals surface area contributed by atoms with E-state index in [9.17, 15) is 4.79 Å². The summed E-state index contributed by atoms with van der Waals surface area (Å²) >= 11 is 0. The summed E-state index contributed by atoms with van der Waals surface area (Å²) in [7, 11) is 0. The molecule has 4 saturated carbocycles. The zero-order chi connectivity index (χ0) is 19.4. The predicted molar refractivity (Wildman–Crippen MR) is 113 cm³/mol. The second kappa shape index (κ2) is 6.66. The minimum absolute atomic E-state index is 0.221. The van der Waals surface area contributed by atoms with Crippen molar-refractivity contribution >= 4 is 11.6 Å². The molecule has 0 spiro atoms. The second-order valence-corrected chi connectivity index (χ2v) is 9.91. The fourth-order valence-corrected chi connectivity index (χ4v) is 7.08. The lowest BCUT2D eigenvalue weighted by Crippen LogP contribution is -2.32. The van der Waals surface area contributed by atoms with E-state index in [1.54, 1.807) is 0 Å². The fourth-order valence-electron chi connectivity index (χ4n) is 7.08. The van der Waals surface area contributed by atoms with E-state index in [0.29, 0.717) is 5.41 Å². The van der Waals surface area contributed by atoms with E-state index in [1.807, 2.05) is 12.3 Å². The highest BCUT2D eigenvalue weighted by Gasteiger charge is 2.63. The Morgan fingerprint density at radius 1 is 1.14 bits per heavy atom. The molecule has 1 amide bonds. The summed E-state index contributed by atoms with van der Waals surface area (Å²) in [5, 5.41) is 3.28. The van der Waals surface area contributed by atoms with Gasteiger partial charge in [0.2, 0.25) is 5.91 Å². The first-order valence-corrected chi connectivity index (χ1v) is 11.2.